The Kier molecular flexibility index (Phi) is 2.52. The van der Waals surface area contributed by atoms with Crippen molar-refractivity contribution in [2.24, 2.45) is 5.41 Å². The Morgan fingerprint density at radius 3 is 2.50 bits per heavy atom. The zero-order valence-electron chi connectivity index (χ0n) is 8.75. The number of nitrogens with one attached hydrogen (secondary N) is 1. The number of carboxylic acids is 1. The molecular weight excluding hydrogens is 178 g/mol. The zero-order valence-corrected chi connectivity index (χ0v) is 8.75. The van der Waals surface area contributed by atoms with Crippen LogP contribution in [0, 0.1) is 5.41 Å². The van der Waals surface area contributed by atoms with E-state index in [0.717, 1.165) is 6.42 Å². The van der Waals surface area contributed by atoms with Gasteiger partial charge in [0.1, 0.15) is 6.04 Å². The van der Waals surface area contributed by atoms with E-state index in [2.05, 4.69) is 5.32 Å². The highest BCUT2D eigenvalue weighted by Gasteiger charge is 2.48. The molecule has 2 saturated carbocycles. The lowest BCUT2D eigenvalue weighted by atomic mass is 9.63. The summed E-state index contributed by atoms with van der Waals surface area (Å²) in [5.74, 6) is -0.731. The molecule has 3 heteroatoms. The van der Waals surface area contributed by atoms with Gasteiger partial charge in [-0.1, -0.05) is 12.8 Å². The van der Waals surface area contributed by atoms with Crippen LogP contribution in [-0.2, 0) is 4.79 Å². The predicted octanol–water partition coefficient (Wildman–Crippen LogP) is 1.77. The van der Waals surface area contributed by atoms with Crippen LogP contribution in [0.2, 0.25) is 0 Å². The van der Waals surface area contributed by atoms with Gasteiger partial charge in [-0.25, -0.2) is 0 Å². The standard InChI is InChI=1S/C11H19NO2/c1-8(10(13)14)12-9-4-7-11(9)5-2-3-6-11/h8-9,12H,2-7H2,1H3,(H,13,14)/t8-,9?/m0/s1. The normalized spacial score (nSPS) is 31.4. The van der Waals surface area contributed by atoms with E-state index in [0.29, 0.717) is 11.5 Å². The van der Waals surface area contributed by atoms with Crippen LogP contribution in [-0.4, -0.2) is 23.2 Å². The molecule has 0 saturated heterocycles. The van der Waals surface area contributed by atoms with Crippen LogP contribution >= 0.6 is 0 Å². The van der Waals surface area contributed by atoms with Gasteiger partial charge in [-0.2, -0.15) is 0 Å². The van der Waals surface area contributed by atoms with E-state index < -0.39 is 12.0 Å². The number of aliphatic carboxylic acids is 1. The fraction of sp³-hybridized carbons (Fsp3) is 0.909. The molecule has 2 rings (SSSR count). The summed E-state index contributed by atoms with van der Waals surface area (Å²) in [4.78, 5) is 10.7. The molecule has 2 N–H and O–H groups in total. The molecular formula is C11H19NO2. The lowest BCUT2D eigenvalue weighted by molar-refractivity contribution is -0.139. The Balaban J connectivity index is 1.90. The Labute approximate surface area is 84.9 Å². The van der Waals surface area contributed by atoms with Gasteiger partial charge in [-0.15, -0.1) is 0 Å². The summed E-state index contributed by atoms with van der Waals surface area (Å²) in [6.45, 7) is 1.74. The van der Waals surface area contributed by atoms with Crippen LogP contribution < -0.4 is 5.32 Å². The Bertz CT molecular complexity index is 233. The molecule has 0 bridgehead atoms. The van der Waals surface area contributed by atoms with Crippen LogP contribution in [0.15, 0.2) is 0 Å². The first-order chi connectivity index (χ1) is 6.64. The summed E-state index contributed by atoms with van der Waals surface area (Å²) >= 11 is 0. The van der Waals surface area contributed by atoms with Crippen molar-refractivity contribution in [3.63, 3.8) is 0 Å². The average molecular weight is 197 g/mol. The molecule has 0 radical (unpaired) electrons. The van der Waals surface area contributed by atoms with E-state index in [1.54, 1.807) is 6.92 Å². The third-order valence-electron chi connectivity index (χ3n) is 4.09. The smallest absolute Gasteiger partial charge is 0.320 e. The number of hydrogen-bond donors (Lipinski definition) is 2. The highest BCUT2D eigenvalue weighted by Crippen LogP contribution is 2.53. The molecule has 0 aliphatic heterocycles. The molecule has 14 heavy (non-hydrogen) atoms. The van der Waals surface area contributed by atoms with Crippen molar-refractivity contribution in [2.75, 3.05) is 0 Å². The molecule has 1 spiro atoms. The topological polar surface area (TPSA) is 49.3 Å². The van der Waals surface area contributed by atoms with E-state index in [-0.39, 0.29) is 0 Å². The van der Waals surface area contributed by atoms with Crippen LogP contribution in [0.4, 0.5) is 0 Å². The van der Waals surface area contributed by atoms with Crippen LogP contribution in [0.3, 0.4) is 0 Å². The van der Waals surface area contributed by atoms with E-state index in [1.807, 2.05) is 0 Å². The van der Waals surface area contributed by atoms with Gasteiger partial charge in [0.25, 0.3) is 0 Å². The monoisotopic (exact) mass is 197 g/mol. The molecule has 0 amide bonds. The quantitative estimate of drug-likeness (QED) is 0.725. The minimum absolute atomic E-state index is 0.391. The van der Waals surface area contributed by atoms with E-state index in [4.69, 9.17) is 5.11 Å². The maximum absolute atomic E-state index is 10.7. The van der Waals surface area contributed by atoms with Crippen LogP contribution in [0.1, 0.15) is 45.4 Å². The van der Waals surface area contributed by atoms with E-state index in [1.165, 1.54) is 32.1 Å². The average Bonchev–Trinajstić information content (AvgIpc) is 2.62. The summed E-state index contributed by atoms with van der Waals surface area (Å²) in [6.07, 6.45) is 7.74. The van der Waals surface area contributed by atoms with Crippen molar-refractivity contribution in [1.29, 1.82) is 0 Å². The molecule has 0 heterocycles. The minimum atomic E-state index is -0.731. The van der Waals surface area contributed by atoms with Gasteiger partial charge in [0.05, 0.1) is 0 Å². The molecule has 2 atom stereocenters. The molecule has 0 aromatic heterocycles. The molecule has 0 aromatic rings. The molecule has 2 aliphatic rings. The molecule has 3 nitrogen and oxygen atoms in total. The zero-order chi connectivity index (χ0) is 10.2. The fourth-order valence-corrected chi connectivity index (χ4v) is 3.01. The van der Waals surface area contributed by atoms with Crippen molar-refractivity contribution < 1.29 is 9.90 Å². The van der Waals surface area contributed by atoms with Gasteiger partial charge in [0.2, 0.25) is 0 Å². The molecule has 0 aromatic carbocycles. The third kappa shape index (κ3) is 1.54. The van der Waals surface area contributed by atoms with Crippen LogP contribution in [0.25, 0.3) is 0 Å². The van der Waals surface area contributed by atoms with Crippen molar-refractivity contribution in [2.45, 2.75) is 57.5 Å². The number of rotatable bonds is 3. The lowest BCUT2D eigenvalue weighted by Gasteiger charge is -2.48. The third-order valence-corrected chi connectivity index (χ3v) is 4.09. The van der Waals surface area contributed by atoms with Gasteiger partial charge in [0, 0.05) is 6.04 Å². The van der Waals surface area contributed by atoms with Crippen molar-refractivity contribution in [3.8, 4) is 0 Å². The van der Waals surface area contributed by atoms with Gasteiger partial charge >= 0.3 is 5.97 Å². The van der Waals surface area contributed by atoms with Crippen molar-refractivity contribution in [1.82, 2.24) is 5.32 Å². The van der Waals surface area contributed by atoms with Gasteiger partial charge < -0.3 is 10.4 Å². The second-order valence-corrected chi connectivity index (χ2v) is 4.89. The summed E-state index contributed by atoms with van der Waals surface area (Å²) in [7, 11) is 0. The summed E-state index contributed by atoms with van der Waals surface area (Å²) < 4.78 is 0. The Hall–Kier alpha value is -0.570. The molecule has 2 fully saturated rings. The number of carboxylic acid groups (broad SMARTS) is 1. The summed E-state index contributed by atoms with van der Waals surface area (Å²) in [6, 6.07) is 0.0777. The minimum Gasteiger partial charge on any atom is -0.480 e. The lowest BCUT2D eigenvalue weighted by Crippen LogP contribution is -2.56. The van der Waals surface area contributed by atoms with E-state index >= 15 is 0 Å². The predicted molar refractivity (Wildman–Crippen MR) is 54.2 cm³/mol. The first-order valence-electron chi connectivity index (χ1n) is 5.63. The second-order valence-electron chi connectivity index (χ2n) is 4.89. The second kappa shape index (κ2) is 3.54. The maximum atomic E-state index is 10.7. The summed E-state index contributed by atoms with van der Waals surface area (Å²) in [5.41, 5.74) is 0.476. The Morgan fingerprint density at radius 2 is 2.07 bits per heavy atom. The SMILES string of the molecule is C[C@H](NC1CCC12CCCC2)C(=O)O. The molecule has 1 unspecified atom stereocenters. The largest absolute Gasteiger partial charge is 0.480 e. The van der Waals surface area contributed by atoms with Crippen molar-refractivity contribution in [3.05, 3.63) is 0 Å². The number of hydrogen-bond acceptors (Lipinski definition) is 2. The first-order valence-corrected chi connectivity index (χ1v) is 5.63. The van der Waals surface area contributed by atoms with E-state index in [9.17, 15) is 4.79 Å². The van der Waals surface area contributed by atoms with Gasteiger partial charge in [0.15, 0.2) is 0 Å². The first kappa shape index (κ1) is 9.97. The Morgan fingerprint density at radius 1 is 1.43 bits per heavy atom. The van der Waals surface area contributed by atoms with Crippen LogP contribution in [0.5, 0.6) is 0 Å². The summed E-state index contributed by atoms with van der Waals surface area (Å²) in [5, 5.41) is 12.1. The number of carbonyl (C=O) groups is 1. The van der Waals surface area contributed by atoms with Crippen molar-refractivity contribution >= 4 is 5.97 Å². The van der Waals surface area contributed by atoms with Gasteiger partial charge in [-0.05, 0) is 38.0 Å². The van der Waals surface area contributed by atoms with Gasteiger partial charge in [-0.3, -0.25) is 4.79 Å². The fourth-order valence-electron chi connectivity index (χ4n) is 3.01. The maximum Gasteiger partial charge on any atom is 0.320 e. The highest BCUT2D eigenvalue weighted by atomic mass is 16.4. The molecule has 80 valence electrons. The molecule has 2 aliphatic carbocycles. The highest BCUT2D eigenvalue weighted by molar-refractivity contribution is 5.72.